The molecule has 0 saturated carbocycles. The van der Waals surface area contributed by atoms with E-state index in [-0.39, 0.29) is 24.4 Å². The lowest BCUT2D eigenvalue weighted by molar-refractivity contribution is -0.126. The zero-order valence-corrected chi connectivity index (χ0v) is 13.0. The lowest BCUT2D eigenvalue weighted by Crippen LogP contribution is -2.48. The van der Waals surface area contributed by atoms with Crippen molar-refractivity contribution in [1.82, 2.24) is 10.2 Å². The van der Waals surface area contributed by atoms with Gasteiger partial charge in [0, 0.05) is 0 Å². The Kier molecular flexibility index (Phi) is 6.00. The number of likely N-dealkylation sites (tertiary alicyclic amines) is 1. The molecule has 1 aliphatic heterocycles. The molecule has 1 heterocycles. The molecule has 2 atom stereocenters. The maximum absolute atomic E-state index is 11.9. The van der Waals surface area contributed by atoms with Crippen LogP contribution in [0.15, 0.2) is 30.3 Å². The summed E-state index contributed by atoms with van der Waals surface area (Å²) in [6.07, 6.45) is 6.52. The van der Waals surface area contributed by atoms with Gasteiger partial charge in [0.15, 0.2) is 0 Å². The van der Waals surface area contributed by atoms with Crippen LogP contribution in [0.3, 0.4) is 0 Å². The monoisotopic (exact) mass is 300 g/mol. The van der Waals surface area contributed by atoms with E-state index in [1.165, 1.54) is 0 Å². The summed E-state index contributed by atoms with van der Waals surface area (Å²) < 4.78 is 0. The largest absolute Gasteiger partial charge is 0.388 e. The van der Waals surface area contributed by atoms with Crippen LogP contribution in [-0.4, -0.2) is 41.6 Å². The van der Waals surface area contributed by atoms with Crippen LogP contribution in [0.1, 0.15) is 31.4 Å². The third-order valence-electron chi connectivity index (χ3n) is 4.45. The van der Waals surface area contributed by atoms with E-state index < -0.39 is 6.10 Å². The van der Waals surface area contributed by atoms with Crippen molar-refractivity contribution < 1.29 is 9.90 Å². The number of piperidine rings is 1. The zero-order chi connectivity index (χ0) is 15.9. The normalized spacial score (nSPS) is 19.1. The molecular weight excluding hydrogens is 276 g/mol. The first-order valence-electron chi connectivity index (χ1n) is 7.81. The van der Waals surface area contributed by atoms with Crippen molar-refractivity contribution in [2.45, 2.75) is 31.9 Å². The second-order valence-corrected chi connectivity index (χ2v) is 5.83. The molecule has 0 aromatic heterocycles. The van der Waals surface area contributed by atoms with E-state index in [0.29, 0.717) is 0 Å². The summed E-state index contributed by atoms with van der Waals surface area (Å²) in [5, 5.41) is 13.2. The molecule has 0 radical (unpaired) electrons. The minimum atomic E-state index is -0.422. The van der Waals surface area contributed by atoms with Crippen molar-refractivity contribution in [2.75, 3.05) is 19.6 Å². The average Bonchev–Trinajstić information content (AvgIpc) is 2.59. The van der Waals surface area contributed by atoms with Gasteiger partial charge >= 0.3 is 0 Å². The van der Waals surface area contributed by atoms with Crippen LogP contribution < -0.4 is 5.32 Å². The number of hydrogen-bond donors (Lipinski definition) is 2. The molecule has 22 heavy (non-hydrogen) atoms. The van der Waals surface area contributed by atoms with Gasteiger partial charge in [-0.25, -0.2) is 0 Å². The Balaban J connectivity index is 1.85. The standard InChI is InChI=1S/C18H24N2O2/c1-3-11-19-18(22)14(2)20-12-9-16(10-13-20)17(21)15-7-5-4-6-8-15/h1,4-8,14,16-17,21H,9-13H2,2H3,(H,19,22). The molecule has 1 fully saturated rings. The summed E-state index contributed by atoms with van der Waals surface area (Å²) in [5.74, 6) is 2.63. The fourth-order valence-corrected chi connectivity index (χ4v) is 3.00. The van der Waals surface area contributed by atoms with Crippen LogP contribution in [-0.2, 0) is 4.79 Å². The predicted molar refractivity (Wildman–Crippen MR) is 87.0 cm³/mol. The number of rotatable bonds is 5. The second kappa shape index (κ2) is 7.98. The summed E-state index contributed by atoms with van der Waals surface area (Å²) in [7, 11) is 0. The van der Waals surface area contributed by atoms with E-state index in [4.69, 9.17) is 6.42 Å². The van der Waals surface area contributed by atoms with Gasteiger partial charge in [-0.05, 0) is 44.3 Å². The van der Waals surface area contributed by atoms with E-state index >= 15 is 0 Å². The summed E-state index contributed by atoms with van der Waals surface area (Å²) in [6.45, 7) is 3.81. The fourth-order valence-electron chi connectivity index (χ4n) is 3.00. The first-order valence-corrected chi connectivity index (χ1v) is 7.81. The molecule has 1 aromatic rings. The predicted octanol–water partition coefficient (Wildman–Crippen LogP) is 1.57. The van der Waals surface area contributed by atoms with Crippen LogP contribution in [0.25, 0.3) is 0 Å². The molecule has 0 bridgehead atoms. The number of amides is 1. The minimum Gasteiger partial charge on any atom is -0.388 e. The van der Waals surface area contributed by atoms with E-state index in [2.05, 4.69) is 16.1 Å². The highest BCUT2D eigenvalue weighted by Gasteiger charge is 2.30. The highest BCUT2D eigenvalue weighted by Crippen LogP contribution is 2.31. The van der Waals surface area contributed by atoms with Gasteiger partial charge in [-0.1, -0.05) is 36.3 Å². The number of hydrogen-bond acceptors (Lipinski definition) is 3. The summed E-state index contributed by atoms with van der Waals surface area (Å²) in [5.41, 5.74) is 0.973. The summed E-state index contributed by atoms with van der Waals surface area (Å²) in [6, 6.07) is 9.61. The van der Waals surface area contributed by atoms with E-state index in [0.717, 1.165) is 31.5 Å². The first-order chi connectivity index (χ1) is 10.6. The van der Waals surface area contributed by atoms with Crippen molar-refractivity contribution in [1.29, 1.82) is 0 Å². The number of aliphatic hydroxyl groups is 1. The Morgan fingerprint density at radius 3 is 2.64 bits per heavy atom. The number of nitrogens with one attached hydrogen (secondary N) is 1. The molecule has 2 N–H and O–H groups in total. The Morgan fingerprint density at radius 1 is 1.41 bits per heavy atom. The van der Waals surface area contributed by atoms with Gasteiger partial charge in [-0.15, -0.1) is 6.42 Å². The van der Waals surface area contributed by atoms with Crippen molar-refractivity contribution in [3.63, 3.8) is 0 Å². The second-order valence-electron chi connectivity index (χ2n) is 5.83. The van der Waals surface area contributed by atoms with Gasteiger partial charge in [0.2, 0.25) is 5.91 Å². The Morgan fingerprint density at radius 2 is 2.05 bits per heavy atom. The van der Waals surface area contributed by atoms with Gasteiger partial charge in [-0.2, -0.15) is 0 Å². The van der Waals surface area contributed by atoms with Crippen LogP contribution in [0.2, 0.25) is 0 Å². The molecule has 2 rings (SSSR count). The molecule has 118 valence electrons. The van der Waals surface area contributed by atoms with Crippen molar-refractivity contribution in [2.24, 2.45) is 5.92 Å². The number of benzene rings is 1. The third-order valence-corrected chi connectivity index (χ3v) is 4.45. The quantitative estimate of drug-likeness (QED) is 0.812. The van der Waals surface area contributed by atoms with Crippen molar-refractivity contribution in [3.8, 4) is 12.3 Å². The molecule has 4 nitrogen and oxygen atoms in total. The van der Waals surface area contributed by atoms with Crippen LogP contribution in [0.5, 0.6) is 0 Å². The Hall–Kier alpha value is -1.83. The Labute approximate surface area is 132 Å². The van der Waals surface area contributed by atoms with Crippen LogP contribution in [0.4, 0.5) is 0 Å². The number of carbonyl (C=O) groups excluding carboxylic acids is 1. The van der Waals surface area contributed by atoms with Gasteiger partial charge in [0.25, 0.3) is 0 Å². The SMILES string of the molecule is C#CCNC(=O)C(C)N1CCC(C(O)c2ccccc2)CC1. The molecular formula is C18H24N2O2. The molecule has 4 heteroatoms. The van der Waals surface area contributed by atoms with E-state index in [1.807, 2.05) is 37.3 Å². The lowest BCUT2D eigenvalue weighted by Gasteiger charge is -2.37. The topological polar surface area (TPSA) is 52.6 Å². The number of aliphatic hydroxyl groups excluding tert-OH is 1. The molecule has 1 saturated heterocycles. The first kappa shape index (κ1) is 16.5. The third kappa shape index (κ3) is 4.09. The highest BCUT2D eigenvalue weighted by molar-refractivity contribution is 5.81. The fraction of sp³-hybridized carbons (Fsp3) is 0.500. The summed E-state index contributed by atoms with van der Waals surface area (Å²) >= 11 is 0. The molecule has 1 aromatic carbocycles. The van der Waals surface area contributed by atoms with Crippen molar-refractivity contribution >= 4 is 5.91 Å². The Bertz CT molecular complexity index is 516. The maximum Gasteiger partial charge on any atom is 0.237 e. The van der Waals surface area contributed by atoms with Gasteiger partial charge in [-0.3, -0.25) is 9.69 Å². The molecule has 2 unspecified atom stereocenters. The molecule has 1 amide bonds. The smallest absolute Gasteiger partial charge is 0.237 e. The molecule has 0 spiro atoms. The van der Waals surface area contributed by atoms with Gasteiger partial charge < -0.3 is 10.4 Å². The molecule has 1 aliphatic rings. The lowest BCUT2D eigenvalue weighted by atomic mass is 9.87. The van der Waals surface area contributed by atoms with Crippen molar-refractivity contribution in [3.05, 3.63) is 35.9 Å². The maximum atomic E-state index is 11.9. The van der Waals surface area contributed by atoms with E-state index in [9.17, 15) is 9.90 Å². The van der Waals surface area contributed by atoms with Gasteiger partial charge in [0.05, 0.1) is 18.7 Å². The number of nitrogens with zero attached hydrogens (tertiary/aromatic N) is 1. The van der Waals surface area contributed by atoms with E-state index in [1.54, 1.807) is 0 Å². The number of terminal acetylenes is 1. The number of carbonyl (C=O) groups is 1. The van der Waals surface area contributed by atoms with Gasteiger partial charge in [0.1, 0.15) is 0 Å². The summed E-state index contributed by atoms with van der Waals surface area (Å²) in [4.78, 5) is 14.1. The zero-order valence-electron chi connectivity index (χ0n) is 13.0. The highest BCUT2D eigenvalue weighted by atomic mass is 16.3. The molecule has 0 aliphatic carbocycles. The van der Waals surface area contributed by atoms with Crippen LogP contribution in [0, 0.1) is 18.3 Å². The average molecular weight is 300 g/mol. The minimum absolute atomic E-state index is 0.0278. The van der Waals surface area contributed by atoms with Crippen LogP contribution >= 0.6 is 0 Å².